The van der Waals surface area contributed by atoms with Crippen molar-refractivity contribution in [2.45, 2.75) is 6.92 Å². The molecule has 0 unspecified atom stereocenters. The molecule has 0 radical (unpaired) electrons. The van der Waals surface area contributed by atoms with Gasteiger partial charge in [-0.05, 0) is 36.1 Å². The summed E-state index contributed by atoms with van der Waals surface area (Å²) < 4.78 is 13.5. The van der Waals surface area contributed by atoms with Crippen LogP contribution in [-0.4, -0.2) is 0 Å². The minimum Gasteiger partial charge on any atom is -0.398 e. The maximum Gasteiger partial charge on any atom is 0.132 e. The van der Waals surface area contributed by atoms with E-state index in [1.54, 1.807) is 13.0 Å². The number of anilines is 1. The monoisotopic (exact) mass is 207 g/mol. The fraction of sp³-hybridized carbons (Fsp3) is 0.0909. The van der Waals surface area contributed by atoms with Crippen molar-refractivity contribution < 1.29 is 4.39 Å². The summed E-state index contributed by atoms with van der Waals surface area (Å²) in [5.74, 6) is -0.209. The first-order chi connectivity index (χ1) is 6.68. The van der Waals surface area contributed by atoms with E-state index in [9.17, 15) is 4.39 Å². The first-order valence-electron chi connectivity index (χ1n) is 4.28. The molecule has 1 aromatic heterocycles. The van der Waals surface area contributed by atoms with Crippen LogP contribution >= 0.6 is 11.3 Å². The Bertz CT molecular complexity index is 449. The summed E-state index contributed by atoms with van der Waals surface area (Å²) in [6.45, 7) is 1.80. The quantitative estimate of drug-likeness (QED) is 0.712. The molecule has 0 aliphatic heterocycles. The van der Waals surface area contributed by atoms with Gasteiger partial charge in [0.1, 0.15) is 5.82 Å². The number of nitrogens with two attached hydrogens (primary N) is 1. The number of hydrogen-bond acceptors (Lipinski definition) is 2. The van der Waals surface area contributed by atoms with Crippen molar-refractivity contribution in [2.24, 2.45) is 0 Å². The van der Waals surface area contributed by atoms with Gasteiger partial charge in [-0.1, -0.05) is 6.07 Å². The van der Waals surface area contributed by atoms with Gasteiger partial charge >= 0.3 is 0 Å². The smallest absolute Gasteiger partial charge is 0.132 e. The van der Waals surface area contributed by atoms with Crippen molar-refractivity contribution >= 4 is 17.0 Å². The molecule has 0 amide bonds. The molecule has 0 atom stereocenters. The zero-order valence-corrected chi connectivity index (χ0v) is 8.57. The number of thiophene rings is 1. The zero-order valence-electron chi connectivity index (χ0n) is 7.75. The van der Waals surface area contributed by atoms with Crippen molar-refractivity contribution in [2.75, 3.05) is 5.73 Å². The van der Waals surface area contributed by atoms with E-state index in [0.29, 0.717) is 11.3 Å². The van der Waals surface area contributed by atoms with Crippen molar-refractivity contribution in [1.29, 1.82) is 0 Å². The number of benzene rings is 1. The molecule has 72 valence electrons. The molecular weight excluding hydrogens is 197 g/mol. The average Bonchev–Trinajstić information content (AvgIpc) is 2.64. The van der Waals surface area contributed by atoms with E-state index in [2.05, 4.69) is 0 Å². The highest BCUT2D eigenvalue weighted by molar-refractivity contribution is 7.13. The van der Waals surface area contributed by atoms with Crippen LogP contribution in [0.2, 0.25) is 0 Å². The molecule has 0 aliphatic carbocycles. The van der Waals surface area contributed by atoms with E-state index in [1.807, 2.05) is 17.5 Å². The summed E-state index contributed by atoms with van der Waals surface area (Å²) in [4.78, 5) is 0.911. The molecule has 1 aromatic carbocycles. The molecule has 0 saturated heterocycles. The van der Waals surface area contributed by atoms with Crippen LogP contribution in [0.25, 0.3) is 10.4 Å². The Hall–Kier alpha value is -1.35. The predicted molar refractivity (Wildman–Crippen MR) is 58.9 cm³/mol. The fourth-order valence-electron chi connectivity index (χ4n) is 1.31. The lowest BCUT2D eigenvalue weighted by molar-refractivity contribution is 0.631. The Balaban J connectivity index is 2.60. The van der Waals surface area contributed by atoms with Gasteiger partial charge in [0, 0.05) is 16.1 Å². The van der Waals surface area contributed by atoms with E-state index in [0.717, 1.165) is 10.4 Å². The van der Waals surface area contributed by atoms with Gasteiger partial charge in [-0.15, -0.1) is 11.3 Å². The second-order valence-electron chi connectivity index (χ2n) is 3.17. The molecule has 0 spiro atoms. The lowest BCUT2D eigenvalue weighted by Crippen LogP contribution is -1.92. The number of halogens is 1. The molecule has 0 bridgehead atoms. The lowest BCUT2D eigenvalue weighted by Gasteiger charge is -2.04. The first-order valence-corrected chi connectivity index (χ1v) is 5.16. The Labute approximate surface area is 86.0 Å². The van der Waals surface area contributed by atoms with Crippen molar-refractivity contribution in [3.63, 3.8) is 0 Å². The van der Waals surface area contributed by atoms with Crippen LogP contribution in [0.1, 0.15) is 5.56 Å². The molecule has 14 heavy (non-hydrogen) atoms. The standard InChI is InChI=1S/C11H10FNS/c1-7-5-9(12)8(6-10(7)13)11-3-2-4-14-11/h2-6H,13H2,1H3. The maximum absolute atomic E-state index is 13.5. The molecular formula is C11H10FNS. The summed E-state index contributed by atoms with van der Waals surface area (Å²) in [7, 11) is 0. The number of hydrogen-bond donors (Lipinski definition) is 1. The van der Waals surface area contributed by atoms with E-state index in [1.165, 1.54) is 17.4 Å². The Morgan fingerprint density at radius 1 is 1.36 bits per heavy atom. The van der Waals surface area contributed by atoms with Crippen LogP contribution in [0, 0.1) is 12.7 Å². The van der Waals surface area contributed by atoms with Crippen molar-refractivity contribution in [3.8, 4) is 10.4 Å². The van der Waals surface area contributed by atoms with E-state index in [-0.39, 0.29) is 5.82 Å². The normalized spacial score (nSPS) is 10.4. The summed E-state index contributed by atoms with van der Waals surface area (Å²) >= 11 is 1.51. The van der Waals surface area contributed by atoms with E-state index >= 15 is 0 Å². The molecule has 1 heterocycles. The van der Waals surface area contributed by atoms with Crippen LogP contribution in [0.5, 0.6) is 0 Å². The highest BCUT2D eigenvalue weighted by atomic mass is 32.1. The fourth-order valence-corrected chi connectivity index (χ4v) is 2.05. The average molecular weight is 207 g/mol. The molecule has 0 fully saturated rings. The second kappa shape index (κ2) is 3.42. The van der Waals surface area contributed by atoms with Gasteiger partial charge in [-0.2, -0.15) is 0 Å². The third kappa shape index (κ3) is 1.51. The molecule has 2 rings (SSSR count). The predicted octanol–water partition coefficient (Wildman–Crippen LogP) is 3.44. The summed E-state index contributed by atoms with van der Waals surface area (Å²) in [5, 5.41) is 1.92. The van der Waals surface area contributed by atoms with Crippen LogP contribution in [0.4, 0.5) is 10.1 Å². The van der Waals surface area contributed by atoms with E-state index in [4.69, 9.17) is 5.73 Å². The highest BCUT2D eigenvalue weighted by Crippen LogP contribution is 2.30. The summed E-state index contributed by atoms with van der Waals surface area (Å²) in [5.41, 5.74) is 7.73. The molecule has 2 N–H and O–H groups in total. The van der Waals surface area contributed by atoms with Gasteiger partial charge in [-0.3, -0.25) is 0 Å². The summed E-state index contributed by atoms with van der Waals surface area (Å²) in [6, 6.07) is 6.95. The maximum atomic E-state index is 13.5. The minimum atomic E-state index is -0.209. The van der Waals surface area contributed by atoms with Gasteiger partial charge in [0.2, 0.25) is 0 Å². The molecule has 3 heteroatoms. The van der Waals surface area contributed by atoms with Gasteiger partial charge in [-0.25, -0.2) is 4.39 Å². The number of aryl methyl sites for hydroxylation is 1. The second-order valence-corrected chi connectivity index (χ2v) is 4.11. The molecule has 2 aromatic rings. The lowest BCUT2D eigenvalue weighted by atomic mass is 10.1. The van der Waals surface area contributed by atoms with Gasteiger partial charge in [0.15, 0.2) is 0 Å². The third-order valence-electron chi connectivity index (χ3n) is 2.14. The number of nitrogen functional groups attached to an aromatic ring is 1. The first kappa shape index (κ1) is 9.21. The van der Waals surface area contributed by atoms with Crippen LogP contribution in [-0.2, 0) is 0 Å². The molecule has 0 saturated carbocycles. The molecule has 1 nitrogen and oxygen atoms in total. The van der Waals surface area contributed by atoms with E-state index < -0.39 is 0 Å². The van der Waals surface area contributed by atoms with Gasteiger partial charge < -0.3 is 5.73 Å². The van der Waals surface area contributed by atoms with Crippen molar-refractivity contribution in [3.05, 3.63) is 41.0 Å². The van der Waals surface area contributed by atoms with Gasteiger partial charge in [0.05, 0.1) is 0 Å². The Morgan fingerprint density at radius 2 is 2.14 bits per heavy atom. The Kier molecular flexibility index (Phi) is 2.25. The number of rotatable bonds is 1. The SMILES string of the molecule is Cc1cc(F)c(-c2cccs2)cc1N. The summed E-state index contributed by atoms with van der Waals surface area (Å²) in [6.07, 6.45) is 0. The highest BCUT2D eigenvalue weighted by Gasteiger charge is 2.08. The largest absolute Gasteiger partial charge is 0.398 e. The van der Waals surface area contributed by atoms with Crippen molar-refractivity contribution in [1.82, 2.24) is 0 Å². The topological polar surface area (TPSA) is 26.0 Å². The van der Waals surface area contributed by atoms with Crippen LogP contribution in [0.3, 0.4) is 0 Å². The van der Waals surface area contributed by atoms with Crippen LogP contribution < -0.4 is 5.73 Å². The van der Waals surface area contributed by atoms with Gasteiger partial charge in [0.25, 0.3) is 0 Å². The van der Waals surface area contributed by atoms with Crippen LogP contribution in [0.15, 0.2) is 29.6 Å². The molecule has 0 aliphatic rings. The minimum absolute atomic E-state index is 0.209. The Morgan fingerprint density at radius 3 is 2.79 bits per heavy atom. The zero-order chi connectivity index (χ0) is 10.1. The third-order valence-corrected chi connectivity index (χ3v) is 3.05.